The summed E-state index contributed by atoms with van der Waals surface area (Å²) in [5.41, 5.74) is 3.13. The fraction of sp³-hybridized carbons (Fsp3) is 0.118. The minimum atomic E-state index is -0.303. The molecule has 0 aliphatic rings. The number of amides is 1. The van der Waals surface area contributed by atoms with Gasteiger partial charge in [0, 0.05) is 28.7 Å². The lowest BCUT2D eigenvalue weighted by Gasteiger charge is -2.07. The number of hydrogen-bond acceptors (Lipinski definition) is 4. The number of anilines is 1. The molecule has 0 atom stereocenters. The Morgan fingerprint density at radius 2 is 2.09 bits per heavy atom. The lowest BCUT2D eigenvalue weighted by atomic mass is 10.1. The number of halogens is 1. The zero-order chi connectivity index (χ0) is 16.4. The van der Waals surface area contributed by atoms with Crippen molar-refractivity contribution < 1.29 is 9.32 Å². The summed E-state index contributed by atoms with van der Waals surface area (Å²) in [6.07, 6.45) is 3.29. The number of aryl methyl sites for hydroxylation is 2. The number of nitrogens with one attached hydrogen (secondary N) is 1. The highest BCUT2D eigenvalue weighted by Gasteiger charge is 2.21. The summed E-state index contributed by atoms with van der Waals surface area (Å²) in [7, 11) is 0. The van der Waals surface area contributed by atoms with E-state index in [-0.39, 0.29) is 5.91 Å². The first kappa shape index (κ1) is 15.2. The number of carbonyl (C=O) groups is 1. The highest BCUT2D eigenvalue weighted by atomic mass is 35.5. The molecule has 0 fully saturated rings. The van der Waals surface area contributed by atoms with E-state index in [1.807, 2.05) is 19.1 Å². The van der Waals surface area contributed by atoms with E-state index in [0.717, 1.165) is 11.1 Å². The van der Waals surface area contributed by atoms with Crippen LogP contribution in [-0.4, -0.2) is 16.0 Å². The summed E-state index contributed by atoms with van der Waals surface area (Å²) in [5, 5.41) is 7.39. The zero-order valence-corrected chi connectivity index (χ0v) is 13.4. The number of rotatable bonds is 3. The molecule has 1 amide bonds. The first-order valence-corrected chi connectivity index (χ1v) is 7.38. The Morgan fingerprint density at radius 1 is 1.26 bits per heavy atom. The molecule has 1 N–H and O–H groups in total. The maximum atomic E-state index is 12.6. The summed E-state index contributed by atoms with van der Waals surface area (Å²) in [6.45, 7) is 3.60. The van der Waals surface area contributed by atoms with Gasteiger partial charge in [0.2, 0.25) is 0 Å². The van der Waals surface area contributed by atoms with Crippen molar-refractivity contribution in [2.45, 2.75) is 13.8 Å². The van der Waals surface area contributed by atoms with E-state index >= 15 is 0 Å². The van der Waals surface area contributed by atoms with Gasteiger partial charge in [-0.1, -0.05) is 22.8 Å². The first-order valence-electron chi connectivity index (χ1n) is 7.00. The summed E-state index contributed by atoms with van der Waals surface area (Å²) in [4.78, 5) is 16.7. The number of hydrogen-bond donors (Lipinski definition) is 1. The van der Waals surface area contributed by atoms with Crippen molar-refractivity contribution in [1.29, 1.82) is 0 Å². The van der Waals surface area contributed by atoms with E-state index in [1.54, 1.807) is 37.5 Å². The SMILES string of the molecule is Cc1ccc(NC(=O)c2c(-c3cccnc3)noc2C)cc1Cl. The van der Waals surface area contributed by atoms with Gasteiger partial charge in [-0.3, -0.25) is 9.78 Å². The van der Waals surface area contributed by atoms with E-state index in [2.05, 4.69) is 15.5 Å². The molecular weight excluding hydrogens is 314 g/mol. The fourth-order valence-electron chi connectivity index (χ4n) is 2.20. The predicted molar refractivity (Wildman–Crippen MR) is 88.6 cm³/mol. The van der Waals surface area contributed by atoms with Crippen molar-refractivity contribution in [3.63, 3.8) is 0 Å². The molecule has 0 bridgehead atoms. The Balaban J connectivity index is 1.94. The molecule has 0 radical (unpaired) electrons. The second-order valence-corrected chi connectivity index (χ2v) is 5.53. The van der Waals surface area contributed by atoms with Crippen LogP contribution in [0.3, 0.4) is 0 Å². The van der Waals surface area contributed by atoms with Crippen LogP contribution in [0.15, 0.2) is 47.2 Å². The van der Waals surface area contributed by atoms with Gasteiger partial charge in [-0.05, 0) is 43.7 Å². The molecule has 0 unspecified atom stereocenters. The van der Waals surface area contributed by atoms with Crippen LogP contribution in [0.2, 0.25) is 5.02 Å². The third-order valence-corrected chi connectivity index (χ3v) is 3.86. The van der Waals surface area contributed by atoms with Gasteiger partial charge < -0.3 is 9.84 Å². The second-order valence-electron chi connectivity index (χ2n) is 5.12. The fourth-order valence-corrected chi connectivity index (χ4v) is 2.38. The highest BCUT2D eigenvalue weighted by molar-refractivity contribution is 6.31. The molecule has 1 aromatic carbocycles. The van der Waals surface area contributed by atoms with Crippen LogP contribution >= 0.6 is 11.6 Å². The van der Waals surface area contributed by atoms with Crippen molar-refractivity contribution in [3.8, 4) is 11.3 Å². The van der Waals surface area contributed by atoms with Crippen molar-refractivity contribution in [1.82, 2.24) is 10.1 Å². The van der Waals surface area contributed by atoms with Crippen molar-refractivity contribution in [3.05, 3.63) is 64.6 Å². The van der Waals surface area contributed by atoms with Crippen LogP contribution in [0.4, 0.5) is 5.69 Å². The quantitative estimate of drug-likeness (QED) is 0.780. The molecule has 3 aromatic rings. The average molecular weight is 328 g/mol. The minimum absolute atomic E-state index is 0.303. The second kappa shape index (κ2) is 6.22. The molecule has 0 saturated heterocycles. The normalized spacial score (nSPS) is 10.6. The number of carbonyl (C=O) groups excluding carboxylic acids is 1. The molecule has 6 heteroatoms. The Kier molecular flexibility index (Phi) is 4.12. The molecule has 0 aliphatic heterocycles. The number of aromatic nitrogens is 2. The smallest absolute Gasteiger partial charge is 0.261 e. The number of benzene rings is 1. The van der Waals surface area contributed by atoms with Crippen LogP contribution < -0.4 is 5.32 Å². The van der Waals surface area contributed by atoms with E-state index in [4.69, 9.17) is 16.1 Å². The Bertz CT molecular complexity index is 860. The van der Waals surface area contributed by atoms with Gasteiger partial charge in [0.1, 0.15) is 17.0 Å². The molecule has 2 aromatic heterocycles. The molecule has 0 aliphatic carbocycles. The summed E-state index contributed by atoms with van der Waals surface area (Å²) < 4.78 is 5.19. The van der Waals surface area contributed by atoms with Crippen molar-refractivity contribution >= 4 is 23.2 Å². The molecule has 2 heterocycles. The lowest BCUT2D eigenvalue weighted by Crippen LogP contribution is -2.13. The molecule has 0 spiro atoms. The maximum Gasteiger partial charge on any atom is 0.261 e. The monoisotopic (exact) mass is 327 g/mol. The summed E-state index contributed by atoms with van der Waals surface area (Å²) in [6, 6.07) is 8.96. The molecular formula is C17H14ClN3O2. The number of nitrogens with zero attached hydrogens (tertiary/aromatic N) is 2. The Hall–Kier alpha value is -2.66. The van der Waals surface area contributed by atoms with Gasteiger partial charge in [0.05, 0.1) is 0 Å². The molecule has 116 valence electrons. The van der Waals surface area contributed by atoms with Crippen LogP contribution in [0.25, 0.3) is 11.3 Å². The van der Waals surface area contributed by atoms with E-state index in [9.17, 15) is 4.79 Å². The number of pyridine rings is 1. The summed E-state index contributed by atoms with van der Waals surface area (Å²) >= 11 is 6.09. The molecule has 0 saturated carbocycles. The molecule has 5 nitrogen and oxygen atoms in total. The summed E-state index contributed by atoms with van der Waals surface area (Å²) in [5.74, 6) is 0.141. The largest absolute Gasteiger partial charge is 0.360 e. The van der Waals surface area contributed by atoms with E-state index < -0.39 is 0 Å². The van der Waals surface area contributed by atoms with Crippen molar-refractivity contribution in [2.24, 2.45) is 0 Å². The predicted octanol–water partition coefficient (Wildman–Crippen LogP) is 4.26. The van der Waals surface area contributed by atoms with Gasteiger partial charge in [-0.2, -0.15) is 0 Å². The van der Waals surface area contributed by atoms with Gasteiger partial charge in [-0.25, -0.2) is 0 Å². The third kappa shape index (κ3) is 3.10. The van der Waals surface area contributed by atoms with Crippen LogP contribution in [0, 0.1) is 13.8 Å². The van der Waals surface area contributed by atoms with E-state index in [1.165, 1.54) is 0 Å². The standard InChI is InChI=1S/C17H14ClN3O2/c1-10-5-6-13(8-14(10)18)20-17(22)15-11(2)23-21-16(15)12-4-3-7-19-9-12/h3-9H,1-2H3,(H,20,22). The van der Waals surface area contributed by atoms with Crippen LogP contribution in [0.1, 0.15) is 21.7 Å². The molecule has 3 rings (SSSR count). The van der Waals surface area contributed by atoms with Gasteiger partial charge in [0.15, 0.2) is 0 Å². The Labute approximate surface area is 138 Å². The molecule has 23 heavy (non-hydrogen) atoms. The lowest BCUT2D eigenvalue weighted by molar-refractivity contribution is 0.102. The Morgan fingerprint density at radius 3 is 2.78 bits per heavy atom. The van der Waals surface area contributed by atoms with Gasteiger partial charge >= 0.3 is 0 Å². The highest BCUT2D eigenvalue weighted by Crippen LogP contribution is 2.26. The van der Waals surface area contributed by atoms with Crippen molar-refractivity contribution in [2.75, 3.05) is 5.32 Å². The maximum absolute atomic E-state index is 12.6. The first-order chi connectivity index (χ1) is 11.1. The third-order valence-electron chi connectivity index (χ3n) is 3.45. The van der Waals surface area contributed by atoms with E-state index in [0.29, 0.717) is 27.7 Å². The minimum Gasteiger partial charge on any atom is -0.360 e. The van der Waals surface area contributed by atoms with Crippen LogP contribution in [0.5, 0.6) is 0 Å². The average Bonchev–Trinajstić information content (AvgIpc) is 2.93. The zero-order valence-electron chi connectivity index (χ0n) is 12.6. The topological polar surface area (TPSA) is 68.0 Å². The van der Waals surface area contributed by atoms with Gasteiger partial charge in [0.25, 0.3) is 5.91 Å². The van der Waals surface area contributed by atoms with Gasteiger partial charge in [-0.15, -0.1) is 0 Å². The van der Waals surface area contributed by atoms with Crippen LogP contribution in [-0.2, 0) is 0 Å².